The molecule has 0 amide bonds. The molecular formula is C14H13ClN2. The predicted octanol–water partition coefficient (Wildman–Crippen LogP) is 4.00. The second-order valence-corrected chi connectivity index (χ2v) is 4.89. The van der Waals surface area contributed by atoms with Crippen molar-refractivity contribution >= 4 is 33.4 Å². The molecule has 0 aliphatic carbocycles. The standard InChI is InChI=1S/C14H13ClN2/c1-8-4-5-12-10(6-8)11-7-13(15)16-9(2)14(11)17(12)3/h4-7H,1-3H3. The molecule has 0 aliphatic heterocycles. The molecule has 17 heavy (non-hydrogen) atoms. The van der Waals surface area contributed by atoms with E-state index in [0.29, 0.717) is 5.15 Å². The van der Waals surface area contributed by atoms with E-state index in [1.54, 1.807) is 0 Å². The van der Waals surface area contributed by atoms with Crippen LogP contribution < -0.4 is 0 Å². The summed E-state index contributed by atoms with van der Waals surface area (Å²) in [7, 11) is 2.07. The van der Waals surface area contributed by atoms with Crippen molar-refractivity contribution in [2.45, 2.75) is 13.8 Å². The Labute approximate surface area is 105 Å². The Kier molecular flexibility index (Phi) is 2.17. The molecule has 86 valence electrons. The average molecular weight is 245 g/mol. The summed E-state index contributed by atoms with van der Waals surface area (Å²) in [4.78, 5) is 4.32. The van der Waals surface area contributed by atoms with Gasteiger partial charge in [0.2, 0.25) is 0 Å². The Morgan fingerprint density at radius 1 is 1.12 bits per heavy atom. The molecule has 0 spiro atoms. The zero-order chi connectivity index (χ0) is 12.2. The average Bonchev–Trinajstić information content (AvgIpc) is 2.52. The van der Waals surface area contributed by atoms with Crippen molar-refractivity contribution in [2.75, 3.05) is 0 Å². The molecule has 1 aromatic carbocycles. The lowest BCUT2D eigenvalue weighted by atomic mass is 10.1. The molecule has 2 heterocycles. The maximum absolute atomic E-state index is 6.05. The summed E-state index contributed by atoms with van der Waals surface area (Å²) >= 11 is 6.05. The van der Waals surface area contributed by atoms with Crippen LogP contribution in [0.25, 0.3) is 21.8 Å². The number of aromatic nitrogens is 2. The fourth-order valence-electron chi connectivity index (χ4n) is 2.54. The minimum Gasteiger partial charge on any atom is -0.342 e. The van der Waals surface area contributed by atoms with Gasteiger partial charge in [0, 0.05) is 23.3 Å². The third kappa shape index (κ3) is 1.44. The third-order valence-electron chi connectivity index (χ3n) is 3.27. The van der Waals surface area contributed by atoms with Gasteiger partial charge in [0.25, 0.3) is 0 Å². The molecule has 0 atom stereocenters. The van der Waals surface area contributed by atoms with Crippen LogP contribution >= 0.6 is 11.6 Å². The molecule has 0 N–H and O–H groups in total. The van der Waals surface area contributed by atoms with Gasteiger partial charge in [0.15, 0.2) is 0 Å². The van der Waals surface area contributed by atoms with E-state index in [4.69, 9.17) is 11.6 Å². The summed E-state index contributed by atoms with van der Waals surface area (Å²) < 4.78 is 2.18. The van der Waals surface area contributed by atoms with Crippen LogP contribution in [0.3, 0.4) is 0 Å². The first-order chi connectivity index (χ1) is 8.08. The molecule has 0 unspecified atom stereocenters. The summed E-state index contributed by atoms with van der Waals surface area (Å²) in [6, 6.07) is 8.43. The molecule has 3 heteroatoms. The number of aryl methyl sites for hydroxylation is 3. The number of pyridine rings is 1. The number of hydrogen-bond donors (Lipinski definition) is 0. The van der Waals surface area contributed by atoms with Crippen LogP contribution in [0.2, 0.25) is 5.15 Å². The van der Waals surface area contributed by atoms with Crippen molar-refractivity contribution in [1.29, 1.82) is 0 Å². The van der Waals surface area contributed by atoms with Crippen LogP contribution in [0.4, 0.5) is 0 Å². The number of halogens is 1. The van der Waals surface area contributed by atoms with Crippen LogP contribution in [-0.4, -0.2) is 9.55 Å². The number of rotatable bonds is 0. The summed E-state index contributed by atoms with van der Waals surface area (Å²) in [5.74, 6) is 0. The van der Waals surface area contributed by atoms with Crippen molar-refractivity contribution in [3.8, 4) is 0 Å². The second-order valence-electron chi connectivity index (χ2n) is 4.51. The maximum Gasteiger partial charge on any atom is 0.130 e. The van der Waals surface area contributed by atoms with Crippen LogP contribution in [-0.2, 0) is 7.05 Å². The van der Waals surface area contributed by atoms with Crippen LogP contribution in [0, 0.1) is 13.8 Å². The lowest BCUT2D eigenvalue weighted by Gasteiger charge is -2.01. The molecule has 2 nitrogen and oxygen atoms in total. The van der Waals surface area contributed by atoms with Gasteiger partial charge in [-0.2, -0.15) is 0 Å². The molecule has 0 bridgehead atoms. The van der Waals surface area contributed by atoms with Gasteiger partial charge in [0.05, 0.1) is 11.2 Å². The van der Waals surface area contributed by atoms with Crippen molar-refractivity contribution in [3.05, 3.63) is 40.7 Å². The fraction of sp³-hybridized carbons (Fsp3) is 0.214. The Balaban J connectivity index is 2.64. The normalized spacial score (nSPS) is 11.5. The van der Waals surface area contributed by atoms with Crippen molar-refractivity contribution < 1.29 is 0 Å². The van der Waals surface area contributed by atoms with E-state index in [1.807, 2.05) is 13.0 Å². The highest BCUT2D eigenvalue weighted by Gasteiger charge is 2.11. The highest BCUT2D eigenvalue weighted by atomic mass is 35.5. The van der Waals surface area contributed by atoms with Gasteiger partial charge < -0.3 is 4.57 Å². The van der Waals surface area contributed by atoms with Gasteiger partial charge in [-0.25, -0.2) is 4.98 Å². The molecule has 2 aromatic heterocycles. The molecule has 0 radical (unpaired) electrons. The van der Waals surface area contributed by atoms with E-state index in [2.05, 4.69) is 41.7 Å². The highest BCUT2D eigenvalue weighted by Crippen LogP contribution is 2.31. The molecule has 0 saturated heterocycles. The van der Waals surface area contributed by atoms with Crippen LogP contribution in [0.5, 0.6) is 0 Å². The highest BCUT2D eigenvalue weighted by molar-refractivity contribution is 6.30. The van der Waals surface area contributed by atoms with Crippen molar-refractivity contribution in [1.82, 2.24) is 9.55 Å². The molecule has 0 saturated carbocycles. The summed E-state index contributed by atoms with van der Waals surface area (Å²) in [6.07, 6.45) is 0. The van der Waals surface area contributed by atoms with Crippen molar-refractivity contribution in [2.24, 2.45) is 7.05 Å². The third-order valence-corrected chi connectivity index (χ3v) is 3.47. The van der Waals surface area contributed by atoms with Gasteiger partial charge in [-0.05, 0) is 32.0 Å². The number of nitrogens with zero attached hydrogens (tertiary/aromatic N) is 2. The number of fused-ring (bicyclic) bond motifs is 3. The van der Waals surface area contributed by atoms with E-state index >= 15 is 0 Å². The maximum atomic E-state index is 6.05. The van der Waals surface area contributed by atoms with Gasteiger partial charge in [0.1, 0.15) is 5.15 Å². The summed E-state index contributed by atoms with van der Waals surface area (Å²) in [5, 5.41) is 2.99. The summed E-state index contributed by atoms with van der Waals surface area (Å²) in [6.45, 7) is 4.11. The van der Waals surface area contributed by atoms with Gasteiger partial charge >= 0.3 is 0 Å². The Hall–Kier alpha value is -1.54. The topological polar surface area (TPSA) is 17.8 Å². The quantitative estimate of drug-likeness (QED) is 0.547. The monoisotopic (exact) mass is 244 g/mol. The van der Waals surface area contributed by atoms with E-state index in [0.717, 1.165) is 11.2 Å². The van der Waals surface area contributed by atoms with E-state index in [-0.39, 0.29) is 0 Å². The molecule has 3 rings (SSSR count). The minimum atomic E-state index is 0.559. The van der Waals surface area contributed by atoms with Gasteiger partial charge in [-0.3, -0.25) is 0 Å². The van der Waals surface area contributed by atoms with E-state index in [1.165, 1.54) is 21.9 Å². The van der Waals surface area contributed by atoms with E-state index in [9.17, 15) is 0 Å². The number of hydrogen-bond acceptors (Lipinski definition) is 1. The minimum absolute atomic E-state index is 0.559. The van der Waals surface area contributed by atoms with Crippen LogP contribution in [0.1, 0.15) is 11.3 Å². The van der Waals surface area contributed by atoms with Crippen molar-refractivity contribution in [3.63, 3.8) is 0 Å². The van der Waals surface area contributed by atoms with Gasteiger partial charge in [-0.15, -0.1) is 0 Å². The first-order valence-corrected chi connectivity index (χ1v) is 5.97. The molecule has 0 fully saturated rings. The first kappa shape index (κ1) is 10.6. The first-order valence-electron chi connectivity index (χ1n) is 5.60. The Morgan fingerprint density at radius 3 is 2.65 bits per heavy atom. The smallest absolute Gasteiger partial charge is 0.130 e. The zero-order valence-corrected chi connectivity index (χ0v) is 10.8. The molecular weight excluding hydrogens is 232 g/mol. The lowest BCUT2D eigenvalue weighted by Crippen LogP contribution is -1.91. The summed E-state index contributed by atoms with van der Waals surface area (Å²) in [5.41, 5.74) is 4.62. The molecule has 3 aromatic rings. The molecule has 0 aliphatic rings. The van der Waals surface area contributed by atoms with Gasteiger partial charge in [-0.1, -0.05) is 23.2 Å². The Morgan fingerprint density at radius 2 is 1.88 bits per heavy atom. The fourth-order valence-corrected chi connectivity index (χ4v) is 2.77. The van der Waals surface area contributed by atoms with E-state index < -0.39 is 0 Å². The Bertz CT molecular complexity index is 741. The van der Waals surface area contributed by atoms with Crippen LogP contribution in [0.15, 0.2) is 24.3 Å². The SMILES string of the molecule is Cc1ccc2c(c1)c1cc(Cl)nc(C)c1n2C. The second kappa shape index (κ2) is 3.47. The predicted molar refractivity (Wildman–Crippen MR) is 72.7 cm³/mol. The largest absolute Gasteiger partial charge is 0.342 e. The lowest BCUT2D eigenvalue weighted by molar-refractivity contribution is 0.997. The number of benzene rings is 1. The zero-order valence-electron chi connectivity index (χ0n) is 10.1.